The van der Waals surface area contributed by atoms with E-state index in [0.717, 1.165) is 14.1 Å². The number of carbonyl (C=O) groups is 1. The monoisotopic (exact) mass is 410 g/mol. The fraction of sp³-hybridized carbons (Fsp3) is 0.111. The molecule has 0 spiro atoms. The van der Waals surface area contributed by atoms with Crippen LogP contribution < -0.4 is 16.6 Å². The number of hydrogen-bond acceptors (Lipinski definition) is 8. The van der Waals surface area contributed by atoms with Crippen molar-refractivity contribution < 1.29 is 9.32 Å². The maximum Gasteiger partial charge on any atom is 0.351 e. The fourth-order valence-corrected chi connectivity index (χ4v) is 3.16. The van der Waals surface area contributed by atoms with Crippen molar-refractivity contribution in [2.24, 2.45) is 7.05 Å². The van der Waals surface area contributed by atoms with Crippen LogP contribution in [0.3, 0.4) is 0 Å². The zero-order valence-corrected chi connectivity index (χ0v) is 15.9. The summed E-state index contributed by atoms with van der Waals surface area (Å²) in [5.74, 6) is -1.07. The van der Waals surface area contributed by atoms with Gasteiger partial charge in [0.15, 0.2) is 5.69 Å². The van der Waals surface area contributed by atoms with E-state index in [1.165, 1.54) is 18.4 Å². The van der Waals surface area contributed by atoms with Crippen LogP contribution in [0.5, 0.6) is 0 Å². The largest absolute Gasteiger partial charge is 0.351 e. The van der Waals surface area contributed by atoms with E-state index in [-0.39, 0.29) is 17.4 Å². The van der Waals surface area contributed by atoms with Gasteiger partial charge in [0, 0.05) is 11.9 Å². The Labute approximate surface area is 167 Å². The maximum atomic E-state index is 12.5. The second kappa shape index (κ2) is 7.64. The van der Waals surface area contributed by atoms with E-state index in [1.807, 2.05) is 17.5 Å². The molecule has 4 aromatic rings. The molecule has 146 valence electrons. The highest BCUT2D eigenvalue weighted by atomic mass is 32.1. The van der Waals surface area contributed by atoms with Gasteiger partial charge in [0.25, 0.3) is 5.56 Å². The molecule has 11 heteroatoms. The molecule has 10 nitrogen and oxygen atoms in total. The van der Waals surface area contributed by atoms with Gasteiger partial charge in [-0.25, -0.2) is 4.79 Å². The Bertz CT molecular complexity index is 1270. The summed E-state index contributed by atoms with van der Waals surface area (Å²) in [5, 5.41) is 12.3. The van der Waals surface area contributed by atoms with Crippen LogP contribution in [0.4, 0.5) is 0 Å². The van der Waals surface area contributed by atoms with Gasteiger partial charge in [-0.3, -0.25) is 14.2 Å². The summed E-state index contributed by atoms with van der Waals surface area (Å²) >= 11 is 1.50. The first-order valence-corrected chi connectivity index (χ1v) is 9.33. The van der Waals surface area contributed by atoms with Crippen LogP contribution in [-0.4, -0.2) is 30.4 Å². The smallest absolute Gasteiger partial charge is 0.343 e. The summed E-state index contributed by atoms with van der Waals surface area (Å²) in [7, 11) is 1.32. The number of hydrogen-bond donors (Lipinski definition) is 1. The third-order valence-electron chi connectivity index (χ3n) is 4.01. The topological polar surface area (TPSA) is 125 Å². The molecule has 0 atom stereocenters. The van der Waals surface area contributed by atoms with E-state index in [9.17, 15) is 14.4 Å². The molecule has 0 saturated carbocycles. The number of aromatic nitrogens is 5. The summed E-state index contributed by atoms with van der Waals surface area (Å²) in [6.45, 7) is 0.313. The van der Waals surface area contributed by atoms with E-state index in [2.05, 4.69) is 20.6 Å². The molecule has 29 heavy (non-hydrogen) atoms. The van der Waals surface area contributed by atoms with Gasteiger partial charge in [0.05, 0.1) is 12.2 Å². The molecule has 0 fully saturated rings. The number of carbonyl (C=O) groups excluding carboxylic acids is 1. The highest BCUT2D eigenvalue weighted by molar-refractivity contribution is 7.09. The number of amides is 1. The molecule has 0 saturated heterocycles. The minimum absolute atomic E-state index is 0.184. The zero-order chi connectivity index (χ0) is 20.4. The van der Waals surface area contributed by atoms with Crippen LogP contribution in [0.2, 0.25) is 0 Å². The van der Waals surface area contributed by atoms with Gasteiger partial charge >= 0.3 is 17.5 Å². The number of nitrogens with zero attached hydrogens (tertiary/aromatic N) is 5. The van der Waals surface area contributed by atoms with Crippen LogP contribution in [0.25, 0.3) is 17.2 Å². The van der Waals surface area contributed by atoms with Crippen molar-refractivity contribution in [3.8, 4) is 17.2 Å². The van der Waals surface area contributed by atoms with Gasteiger partial charge in [-0.05, 0) is 23.6 Å². The summed E-state index contributed by atoms with van der Waals surface area (Å²) in [6, 6.07) is 12.4. The second-order valence-electron chi connectivity index (χ2n) is 5.93. The lowest BCUT2D eigenvalue weighted by molar-refractivity contribution is 0.0907. The van der Waals surface area contributed by atoms with Crippen molar-refractivity contribution in [2.75, 3.05) is 0 Å². The molecule has 3 aromatic heterocycles. The average Bonchev–Trinajstić information content (AvgIpc) is 3.43. The van der Waals surface area contributed by atoms with E-state index in [1.54, 1.807) is 30.3 Å². The van der Waals surface area contributed by atoms with Crippen LogP contribution in [0, 0.1) is 0 Å². The van der Waals surface area contributed by atoms with E-state index in [4.69, 9.17) is 4.52 Å². The zero-order valence-electron chi connectivity index (χ0n) is 15.1. The Kier molecular flexibility index (Phi) is 4.87. The quantitative estimate of drug-likeness (QED) is 0.520. The van der Waals surface area contributed by atoms with Gasteiger partial charge in [-0.15, -0.1) is 11.3 Å². The minimum atomic E-state index is -0.700. The Morgan fingerprint density at radius 3 is 2.69 bits per heavy atom. The molecular formula is C18H14N6O4S. The lowest BCUT2D eigenvalue weighted by Crippen LogP contribution is -2.40. The van der Waals surface area contributed by atoms with Gasteiger partial charge in [0.1, 0.15) is 0 Å². The first-order chi connectivity index (χ1) is 14.0. The highest BCUT2D eigenvalue weighted by Gasteiger charge is 2.21. The number of rotatable bonds is 5. The van der Waals surface area contributed by atoms with Crippen molar-refractivity contribution in [3.63, 3.8) is 0 Å². The van der Waals surface area contributed by atoms with Gasteiger partial charge in [-0.1, -0.05) is 29.4 Å². The molecule has 1 aromatic carbocycles. The van der Waals surface area contributed by atoms with Crippen molar-refractivity contribution in [1.82, 2.24) is 29.8 Å². The third kappa shape index (κ3) is 3.62. The van der Waals surface area contributed by atoms with Crippen molar-refractivity contribution in [1.29, 1.82) is 0 Å². The minimum Gasteiger partial charge on any atom is -0.343 e. The number of benzene rings is 1. The molecular weight excluding hydrogens is 396 g/mol. The lowest BCUT2D eigenvalue weighted by atomic mass is 10.3. The molecule has 0 bridgehead atoms. The molecule has 4 rings (SSSR count). The summed E-state index contributed by atoms with van der Waals surface area (Å²) in [4.78, 5) is 42.1. The molecule has 0 radical (unpaired) electrons. The van der Waals surface area contributed by atoms with Crippen LogP contribution in [0.15, 0.2) is 62.0 Å². The molecule has 1 N–H and O–H groups in total. The van der Waals surface area contributed by atoms with Crippen molar-refractivity contribution >= 4 is 17.2 Å². The van der Waals surface area contributed by atoms with Gasteiger partial charge < -0.3 is 9.84 Å². The second-order valence-corrected chi connectivity index (χ2v) is 6.96. The van der Waals surface area contributed by atoms with Gasteiger partial charge in [0.2, 0.25) is 5.82 Å². The van der Waals surface area contributed by atoms with E-state index >= 15 is 0 Å². The lowest BCUT2D eigenvalue weighted by Gasteiger charge is -2.07. The predicted molar refractivity (Wildman–Crippen MR) is 104 cm³/mol. The SMILES string of the molecule is Cn1c(=O)c(-c2noc(C(=O)NCc3cccs3)n2)nn(-c2ccccc2)c1=O. The normalized spacial score (nSPS) is 10.8. The van der Waals surface area contributed by atoms with Crippen molar-refractivity contribution in [3.05, 3.63) is 79.5 Å². The average molecular weight is 410 g/mol. The predicted octanol–water partition coefficient (Wildman–Crippen LogP) is 0.973. The highest BCUT2D eigenvalue weighted by Crippen LogP contribution is 2.11. The van der Waals surface area contributed by atoms with Gasteiger partial charge in [-0.2, -0.15) is 14.8 Å². The maximum absolute atomic E-state index is 12.5. The third-order valence-corrected chi connectivity index (χ3v) is 4.89. The van der Waals surface area contributed by atoms with Crippen LogP contribution in [-0.2, 0) is 13.6 Å². The molecule has 0 unspecified atom stereocenters. The Morgan fingerprint density at radius 1 is 1.17 bits per heavy atom. The van der Waals surface area contributed by atoms with Crippen LogP contribution in [0.1, 0.15) is 15.6 Å². The molecule has 0 aliphatic heterocycles. The first kappa shape index (κ1) is 18.5. The Balaban J connectivity index is 1.67. The van der Waals surface area contributed by atoms with Crippen molar-refractivity contribution in [2.45, 2.75) is 6.54 Å². The Morgan fingerprint density at radius 2 is 1.97 bits per heavy atom. The molecule has 3 heterocycles. The van der Waals surface area contributed by atoms with Crippen LogP contribution >= 0.6 is 11.3 Å². The summed E-state index contributed by atoms with van der Waals surface area (Å²) in [6.07, 6.45) is 0. The summed E-state index contributed by atoms with van der Waals surface area (Å²) in [5.41, 5.74) is -1.07. The molecule has 0 aliphatic rings. The molecule has 0 aliphatic carbocycles. The first-order valence-electron chi connectivity index (χ1n) is 8.45. The van der Waals surface area contributed by atoms with E-state index < -0.39 is 17.2 Å². The number of nitrogens with one attached hydrogen (secondary N) is 1. The number of thiophene rings is 1. The summed E-state index contributed by atoms with van der Waals surface area (Å²) < 4.78 is 6.93. The Hall–Kier alpha value is -3.86. The standard InChI is InChI=1S/C18H14N6O4S/c1-23-17(26)13(21-24(18(23)27)11-6-3-2-4-7-11)14-20-16(28-22-14)15(25)19-10-12-8-5-9-29-12/h2-9H,10H2,1H3,(H,19,25). The number of para-hydroxylation sites is 1. The van der Waals surface area contributed by atoms with E-state index in [0.29, 0.717) is 12.2 Å². The molecule has 1 amide bonds. The fourth-order valence-electron chi connectivity index (χ4n) is 2.52.